The van der Waals surface area contributed by atoms with E-state index in [9.17, 15) is 13.2 Å². The Hall–Kier alpha value is -0.760. The molecule has 1 saturated heterocycles. The number of rotatable bonds is 3. The third-order valence-electron chi connectivity index (χ3n) is 3.18. The zero-order valence-corrected chi connectivity index (χ0v) is 15.3. The number of nitrogens with one attached hydrogen (secondary N) is 1. The van der Waals surface area contributed by atoms with Crippen LogP contribution in [0, 0.1) is 0 Å². The molecule has 3 nitrogen and oxygen atoms in total. The van der Waals surface area contributed by atoms with E-state index in [1.54, 1.807) is 11.8 Å². The number of benzene rings is 1. The molecule has 0 radical (unpaired) electrons. The molecule has 1 aromatic carbocycles. The Balaban J connectivity index is 2.19. The van der Waals surface area contributed by atoms with Gasteiger partial charge in [-0.15, -0.1) is 0 Å². The number of hydrogen-bond donors (Lipinski definition) is 1. The van der Waals surface area contributed by atoms with E-state index in [0.717, 1.165) is 36.7 Å². The molecule has 2 rings (SSSR count). The Bertz CT molecular complexity index is 622. The smallest absolute Gasteiger partial charge is 0.352 e. The molecule has 1 heterocycles. The molecule has 0 spiro atoms. The number of anilines is 1. The number of alkyl halides is 3. The Kier molecular flexibility index (Phi) is 6.98. The summed E-state index contributed by atoms with van der Waals surface area (Å²) in [5.41, 5.74) is 2.35. The van der Waals surface area contributed by atoms with Crippen molar-refractivity contribution in [1.29, 1.82) is 0 Å². The first-order valence-electron chi connectivity index (χ1n) is 6.84. The van der Waals surface area contributed by atoms with Crippen LogP contribution in [-0.4, -0.2) is 35.3 Å². The minimum atomic E-state index is -4.38. The van der Waals surface area contributed by atoms with Crippen molar-refractivity contribution in [3.63, 3.8) is 0 Å². The zero-order chi connectivity index (χ0) is 17.7. The molecule has 0 amide bonds. The molecule has 0 saturated carbocycles. The van der Waals surface area contributed by atoms with Crippen LogP contribution >= 0.6 is 46.6 Å². The average Bonchev–Trinajstić information content (AvgIpc) is 2.55. The van der Waals surface area contributed by atoms with Crippen molar-refractivity contribution in [3.8, 4) is 0 Å². The van der Waals surface area contributed by atoms with Gasteiger partial charge >= 0.3 is 6.18 Å². The van der Waals surface area contributed by atoms with E-state index in [-0.39, 0.29) is 9.52 Å². The number of hydrazone groups is 1. The largest absolute Gasteiger partial charge is 0.416 e. The van der Waals surface area contributed by atoms with Crippen molar-refractivity contribution in [3.05, 3.63) is 39.4 Å². The van der Waals surface area contributed by atoms with E-state index >= 15 is 0 Å². The summed E-state index contributed by atoms with van der Waals surface area (Å²) in [6.07, 6.45) is -4.38. The summed E-state index contributed by atoms with van der Waals surface area (Å²) in [4.78, 5) is 1.92. The van der Waals surface area contributed by atoms with E-state index in [4.69, 9.17) is 34.8 Å². The predicted molar refractivity (Wildman–Crippen MR) is 96.0 cm³/mol. The highest BCUT2D eigenvalue weighted by Crippen LogP contribution is 2.30. The van der Waals surface area contributed by atoms with Gasteiger partial charge in [0.25, 0.3) is 0 Å². The lowest BCUT2D eigenvalue weighted by Crippen LogP contribution is -2.38. The molecule has 1 aliphatic rings. The van der Waals surface area contributed by atoms with E-state index < -0.39 is 11.7 Å². The lowest BCUT2D eigenvalue weighted by atomic mass is 10.2. The summed E-state index contributed by atoms with van der Waals surface area (Å²) in [6, 6.07) is 4.52. The van der Waals surface area contributed by atoms with Crippen molar-refractivity contribution < 1.29 is 13.2 Å². The zero-order valence-electron chi connectivity index (χ0n) is 12.2. The predicted octanol–water partition coefficient (Wildman–Crippen LogP) is 5.37. The van der Waals surface area contributed by atoms with Gasteiger partial charge in [-0.25, -0.2) is 0 Å². The third kappa shape index (κ3) is 5.37. The van der Waals surface area contributed by atoms with Crippen LogP contribution in [0.4, 0.5) is 18.9 Å². The summed E-state index contributed by atoms with van der Waals surface area (Å²) in [7, 11) is 0. The molecule has 0 aromatic heterocycles. The number of amidine groups is 1. The van der Waals surface area contributed by atoms with Crippen LogP contribution in [0.1, 0.15) is 5.56 Å². The maximum Gasteiger partial charge on any atom is 0.416 e. The second kappa shape index (κ2) is 8.56. The van der Waals surface area contributed by atoms with Crippen LogP contribution in [0.25, 0.3) is 0 Å². The summed E-state index contributed by atoms with van der Waals surface area (Å²) in [5.74, 6) is 2.17. The fourth-order valence-corrected chi connectivity index (χ4v) is 3.20. The Morgan fingerprint density at radius 1 is 1.08 bits per heavy atom. The molecule has 0 bridgehead atoms. The van der Waals surface area contributed by atoms with Gasteiger partial charge in [0, 0.05) is 24.6 Å². The molecule has 1 fully saturated rings. The number of halogens is 6. The van der Waals surface area contributed by atoms with Gasteiger partial charge in [0.1, 0.15) is 9.52 Å². The van der Waals surface area contributed by atoms with Crippen molar-refractivity contribution in [1.82, 2.24) is 4.90 Å². The number of nitrogens with zero attached hydrogens (tertiary/aromatic N) is 2. The van der Waals surface area contributed by atoms with Gasteiger partial charge in [-0.2, -0.15) is 30.0 Å². The van der Waals surface area contributed by atoms with Crippen molar-refractivity contribution >= 4 is 58.1 Å². The molecule has 1 N–H and O–H groups in total. The minimum Gasteiger partial charge on any atom is -0.352 e. The Morgan fingerprint density at radius 2 is 1.67 bits per heavy atom. The molecule has 0 atom stereocenters. The normalized spacial score (nSPS) is 16.1. The maximum atomic E-state index is 12.6. The molecule has 0 aliphatic carbocycles. The first kappa shape index (κ1) is 19.6. The summed E-state index contributed by atoms with van der Waals surface area (Å²) < 4.78 is 37.6. The monoisotopic (exact) mass is 417 g/mol. The van der Waals surface area contributed by atoms with Crippen molar-refractivity contribution in [2.75, 3.05) is 30.0 Å². The van der Waals surface area contributed by atoms with Gasteiger partial charge in [-0.1, -0.05) is 34.8 Å². The Labute approximate surface area is 156 Å². The number of thioether (sulfide) groups is 1. The van der Waals surface area contributed by atoms with Crippen LogP contribution in [0.5, 0.6) is 0 Å². The van der Waals surface area contributed by atoms with E-state index in [1.165, 1.54) is 12.1 Å². The third-order valence-corrected chi connectivity index (χ3v) is 5.05. The molecule has 0 unspecified atom stereocenters. The van der Waals surface area contributed by atoms with E-state index in [1.807, 2.05) is 4.90 Å². The van der Waals surface area contributed by atoms with Crippen LogP contribution in [0.2, 0.25) is 0 Å². The molecule has 24 heavy (non-hydrogen) atoms. The maximum absolute atomic E-state index is 12.6. The van der Waals surface area contributed by atoms with Gasteiger partial charge in [0.2, 0.25) is 0 Å². The summed E-state index contributed by atoms with van der Waals surface area (Å²) >= 11 is 19.4. The highest BCUT2D eigenvalue weighted by Gasteiger charge is 2.30. The van der Waals surface area contributed by atoms with Gasteiger partial charge < -0.3 is 4.90 Å². The summed E-state index contributed by atoms with van der Waals surface area (Å²) in [6.45, 7) is 1.44. The fourth-order valence-electron chi connectivity index (χ4n) is 1.97. The van der Waals surface area contributed by atoms with Crippen LogP contribution in [0.3, 0.4) is 0 Å². The lowest BCUT2D eigenvalue weighted by molar-refractivity contribution is -0.137. The second-order valence-electron chi connectivity index (χ2n) is 4.80. The highest BCUT2D eigenvalue weighted by atomic mass is 35.5. The molecule has 1 aliphatic heterocycles. The molecule has 132 valence electrons. The fraction of sp³-hybridized carbons (Fsp3) is 0.357. The van der Waals surface area contributed by atoms with Gasteiger partial charge in [-0.3, -0.25) is 5.43 Å². The topological polar surface area (TPSA) is 27.6 Å². The van der Waals surface area contributed by atoms with Crippen molar-refractivity contribution in [2.45, 2.75) is 6.18 Å². The standard InChI is InChI=1S/C14H13Cl3F3N3S/c15-11(12(16)17)13(23-5-7-24-8-6-23)22-21-10-3-1-9(2-4-10)14(18,19)20/h1-4,21H,5-8H2/b22-13+. The quantitative estimate of drug-likeness (QED) is 0.406. The SMILES string of the molecule is FC(F)(F)c1ccc(N/N=C(\C(Cl)=C(Cl)Cl)N2CCSCC2)cc1. The van der Waals surface area contributed by atoms with Crippen molar-refractivity contribution in [2.24, 2.45) is 5.10 Å². The molecule has 10 heteroatoms. The van der Waals surface area contributed by atoms with Gasteiger partial charge in [0.15, 0.2) is 5.84 Å². The lowest BCUT2D eigenvalue weighted by Gasteiger charge is -2.29. The van der Waals surface area contributed by atoms with E-state index in [2.05, 4.69) is 10.5 Å². The first-order chi connectivity index (χ1) is 11.3. The van der Waals surface area contributed by atoms with Gasteiger partial charge in [-0.05, 0) is 24.3 Å². The van der Waals surface area contributed by atoms with Crippen LogP contribution < -0.4 is 5.43 Å². The Morgan fingerprint density at radius 3 is 2.17 bits per heavy atom. The molecule has 1 aromatic rings. The second-order valence-corrected chi connectivity index (χ2v) is 7.35. The number of hydrogen-bond acceptors (Lipinski definition) is 3. The minimum absolute atomic E-state index is 0.0876. The van der Waals surface area contributed by atoms with E-state index in [0.29, 0.717) is 11.5 Å². The van der Waals surface area contributed by atoms with Gasteiger partial charge in [0.05, 0.1) is 11.3 Å². The van der Waals surface area contributed by atoms with Crippen LogP contribution in [0.15, 0.2) is 38.9 Å². The van der Waals surface area contributed by atoms with Crippen LogP contribution in [-0.2, 0) is 6.18 Å². The summed E-state index contributed by atoms with van der Waals surface area (Å²) in [5, 5.41) is 4.26. The molecular weight excluding hydrogens is 406 g/mol. The average molecular weight is 419 g/mol. The molecular formula is C14H13Cl3F3N3S. The first-order valence-corrected chi connectivity index (χ1v) is 9.12. The highest BCUT2D eigenvalue weighted by molar-refractivity contribution is 7.99.